The van der Waals surface area contributed by atoms with Gasteiger partial charge in [0.15, 0.2) is 4.80 Å². The summed E-state index contributed by atoms with van der Waals surface area (Å²) in [4.78, 5) is 32.7. The second kappa shape index (κ2) is 10.7. The number of hydrogen-bond donors (Lipinski definition) is 0. The molecular weight excluding hydrogens is 542 g/mol. The molecule has 0 aliphatic carbocycles. The molecule has 0 amide bonds. The number of thiazole rings is 1. The van der Waals surface area contributed by atoms with Gasteiger partial charge in [-0.1, -0.05) is 53.8 Å². The zero-order chi connectivity index (χ0) is 27.8. The third-order valence-electron chi connectivity index (χ3n) is 7.03. The summed E-state index contributed by atoms with van der Waals surface area (Å²) in [5.41, 5.74) is 3.86. The van der Waals surface area contributed by atoms with Crippen LogP contribution in [0.25, 0.3) is 17.0 Å². The van der Waals surface area contributed by atoms with Gasteiger partial charge in [-0.2, -0.15) is 0 Å². The number of carbonyl (C=O) groups excluding carboxylic acids is 1. The van der Waals surface area contributed by atoms with Gasteiger partial charge < -0.3 is 14.0 Å². The number of hydrogen-bond acceptors (Lipinski definition) is 7. The number of para-hydroxylation sites is 2. The molecule has 0 radical (unpaired) electrons. The van der Waals surface area contributed by atoms with E-state index in [4.69, 9.17) is 9.47 Å². The number of thiophene rings is 1. The topological polar surface area (TPSA) is 74.8 Å². The first-order chi connectivity index (χ1) is 19.5. The standard InChI is InChI=1S/C31H27N3O4S2/c1-19-9-4-7-12-24(19)38-15-14-33-18-21(22-10-5-6-11-23(22)33)17-26-29(35)34-28(25-13-8-16-39-25)27(30(36)37-3)20(2)32-31(34)40-26/h4-13,16-18,28H,14-15H2,1-3H3. The van der Waals surface area contributed by atoms with E-state index in [0.29, 0.717) is 33.8 Å². The molecule has 7 nitrogen and oxygen atoms in total. The number of esters is 1. The Morgan fingerprint density at radius 1 is 1.07 bits per heavy atom. The SMILES string of the molecule is COC(=O)C1=C(C)N=c2sc(=Cc3cn(CCOc4ccccc4C)c4ccccc34)c(=O)n2C1c1cccs1. The summed E-state index contributed by atoms with van der Waals surface area (Å²) < 4.78 is 15.5. The molecule has 2 aromatic carbocycles. The molecule has 9 heteroatoms. The average Bonchev–Trinajstić information content (AvgIpc) is 3.68. The van der Waals surface area contributed by atoms with Crippen molar-refractivity contribution < 1.29 is 14.3 Å². The summed E-state index contributed by atoms with van der Waals surface area (Å²) in [6.07, 6.45) is 3.99. The van der Waals surface area contributed by atoms with E-state index in [9.17, 15) is 9.59 Å². The van der Waals surface area contributed by atoms with Crippen LogP contribution in [0.4, 0.5) is 0 Å². The highest BCUT2D eigenvalue weighted by Crippen LogP contribution is 2.33. The van der Waals surface area contributed by atoms with E-state index < -0.39 is 12.0 Å². The van der Waals surface area contributed by atoms with E-state index >= 15 is 0 Å². The van der Waals surface area contributed by atoms with Gasteiger partial charge in [0, 0.05) is 27.5 Å². The smallest absolute Gasteiger partial charge is 0.338 e. The van der Waals surface area contributed by atoms with Gasteiger partial charge in [0.25, 0.3) is 5.56 Å². The van der Waals surface area contributed by atoms with E-state index in [1.807, 2.05) is 66.9 Å². The highest BCUT2D eigenvalue weighted by molar-refractivity contribution is 7.10. The Morgan fingerprint density at radius 3 is 2.65 bits per heavy atom. The number of benzene rings is 2. The molecule has 0 bridgehead atoms. The van der Waals surface area contributed by atoms with Crippen molar-refractivity contribution in [3.63, 3.8) is 0 Å². The molecule has 5 aromatic rings. The predicted octanol–water partition coefficient (Wildman–Crippen LogP) is 4.81. The number of allylic oxidation sites excluding steroid dienone is 1. The Balaban J connectivity index is 1.41. The van der Waals surface area contributed by atoms with Gasteiger partial charge in [0.1, 0.15) is 18.4 Å². The summed E-state index contributed by atoms with van der Waals surface area (Å²) in [5.74, 6) is 0.395. The van der Waals surface area contributed by atoms with E-state index in [1.54, 1.807) is 11.5 Å². The normalized spacial score (nSPS) is 15.3. The minimum absolute atomic E-state index is 0.184. The fourth-order valence-corrected chi connectivity index (χ4v) is 6.96. The number of fused-ring (bicyclic) bond motifs is 2. The molecule has 0 N–H and O–H groups in total. The maximum atomic E-state index is 13.9. The summed E-state index contributed by atoms with van der Waals surface area (Å²) in [5, 5.41) is 2.98. The molecule has 0 fully saturated rings. The lowest BCUT2D eigenvalue weighted by Gasteiger charge is -2.22. The molecule has 4 heterocycles. The summed E-state index contributed by atoms with van der Waals surface area (Å²) in [6, 6.07) is 19.4. The van der Waals surface area contributed by atoms with Crippen molar-refractivity contribution in [3.05, 3.63) is 119 Å². The molecule has 3 aromatic heterocycles. The van der Waals surface area contributed by atoms with Crippen LogP contribution in [-0.4, -0.2) is 28.8 Å². The molecule has 0 spiro atoms. The van der Waals surface area contributed by atoms with E-state index in [2.05, 4.69) is 27.9 Å². The molecule has 1 atom stereocenters. The first-order valence-electron chi connectivity index (χ1n) is 12.9. The van der Waals surface area contributed by atoms with Gasteiger partial charge in [-0.3, -0.25) is 9.36 Å². The maximum absolute atomic E-state index is 13.9. The summed E-state index contributed by atoms with van der Waals surface area (Å²) >= 11 is 2.83. The monoisotopic (exact) mass is 569 g/mol. The second-order valence-electron chi connectivity index (χ2n) is 9.50. The third-order valence-corrected chi connectivity index (χ3v) is 8.94. The van der Waals surface area contributed by atoms with E-state index in [-0.39, 0.29) is 5.56 Å². The highest BCUT2D eigenvalue weighted by atomic mass is 32.1. The largest absolute Gasteiger partial charge is 0.491 e. The van der Waals surface area contributed by atoms with Crippen molar-refractivity contribution in [1.29, 1.82) is 0 Å². The fourth-order valence-electron chi connectivity index (χ4n) is 5.10. The first-order valence-corrected chi connectivity index (χ1v) is 14.6. The first kappa shape index (κ1) is 26.0. The second-order valence-corrected chi connectivity index (χ2v) is 11.5. The number of aromatic nitrogens is 2. The molecule has 1 unspecified atom stereocenters. The lowest BCUT2D eigenvalue weighted by molar-refractivity contribution is -0.136. The summed E-state index contributed by atoms with van der Waals surface area (Å²) in [7, 11) is 1.35. The minimum Gasteiger partial charge on any atom is -0.491 e. The number of carbonyl (C=O) groups is 1. The Bertz CT molecular complexity index is 1940. The number of rotatable bonds is 7. The molecule has 1 aliphatic rings. The fraction of sp³-hybridized carbons (Fsp3) is 0.194. The van der Waals surface area contributed by atoms with Crippen LogP contribution < -0.4 is 19.6 Å². The van der Waals surface area contributed by atoms with Crippen LogP contribution in [0.1, 0.15) is 29.0 Å². The number of nitrogens with zero attached hydrogens (tertiary/aromatic N) is 3. The average molecular weight is 570 g/mol. The molecular formula is C31H27N3O4S2. The van der Waals surface area contributed by atoms with Crippen LogP contribution >= 0.6 is 22.7 Å². The minimum atomic E-state index is -0.578. The summed E-state index contributed by atoms with van der Waals surface area (Å²) in [6.45, 7) is 5.00. The van der Waals surface area contributed by atoms with Gasteiger partial charge in [-0.05, 0) is 49.1 Å². The third kappa shape index (κ3) is 4.61. The molecule has 202 valence electrons. The van der Waals surface area contributed by atoms with Crippen LogP contribution in [0.2, 0.25) is 0 Å². The van der Waals surface area contributed by atoms with Crippen LogP contribution in [0.5, 0.6) is 5.75 Å². The van der Waals surface area contributed by atoms with Crippen molar-refractivity contribution >= 4 is 45.6 Å². The Hall–Kier alpha value is -4.21. The lowest BCUT2D eigenvalue weighted by atomic mass is 10.0. The molecule has 40 heavy (non-hydrogen) atoms. The zero-order valence-electron chi connectivity index (χ0n) is 22.3. The number of ether oxygens (including phenoxy) is 2. The van der Waals surface area contributed by atoms with Crippen molar-refractivity contribution in [3.8, 4) is 5.75 Å². The lowest BCUT2D eigenvalue weighted by Crippen LogP contribution is -2.39. The van der Waals surface area contributed by atoms with Gasteiger partial charge in [0.2, 0.25) is 0 Å². The maximum Gasteiger partial charge on any atom is 0.338 e. The number of aryl methyl sites for hydroxylation is 1. The highest BCUT2D eigenvalue weighted by Gasteiger charge is 2.33. The van der Waals surface area contributed by atoms with Gasteiger partial charge in [0.05, 0.1) is 29.5 Å². The van der Waals surface area contributed by atoms with Gasteiger partial charge in [-0.25, -0.2) is 9.79 Å². The quantitative estimate of drug-likeness (QED) is 0.264. The Labute approximate surface area is 238 Å². The van der Waals surface area contributed by atoms with Crippen molar-refractivity contribution in [2.75, 3.05) is 13.7 Å². The van der Waals surface area contributed by atoms with E-state index in [0.717, 1.165) is 32.7 Å². The van der Waals surface area contributed by atoms with E-state index in [1.165, 1.54) is 29.8 Å². The van der Waals surface area contributed by atoms with Crippen LogP contribution in [-0.2, 0) is 16.1 Å². The van der Waals surface area contributed by atoms with Crippen molar-refractivity contribution in [1.82, 2.24) is 9.13 Å². The number of methoxy groups -OCH3 is 1. The van der Waals surface area contributed by atoms with Crippen LogP contribution in [0, 0.1) is 6.92 Å². The van der Waals surface area contributed by atoms with Crippen molar-refractivity contribution in [2.45, 2.75) is 26.4 Å². The Morgan fingerprint density at radius 2 is 1.88 bits per heavy atom. The van der Waals surface area contributed by atoms with Crippen molar-refractivity contribution in [2.24, 2.45) is 4.99 Å². The van der Waals surface area contributed by atoms with Gasteiger partial charge >= 0.3 is 5.97 Å². The Kier molecular flexibility index (Phi) is 7.00. The van der Waals surface area contributed by atoms with Crippen LogP contribution in [0.3, 0.4) is 0 Å². The molecule has 0 saturated carbocycles. The molecule has 0 saturated heterocycles. The van der Waals surface area contributed by atoms with Gasteiger partial charge in [-0.15, -0.1) is 11.3 Å². The predicted molar refractivity (Wildman–Crippen MR) is 159 cm³/mol. The molecule has 6 rings (SSSR count). The van der Waals surface area contributed by atoms with Crippen LogP contribution in [0.15, 0.2) is 93.3 Å². The zero-order valence-corrected chi connectivity index (χ0v) is 23.9. The molecule has 1 aliphatic heterocycles.